The SMILES string of the molecule is SC(S)=Nc1nc2ccc(OCc3ccccc3)nc2s1. The van der Waals surface area contributed by atoms with Crippen molar-refractivity contribution in [1.29, 1.82) is 0 Å². The van der Waals surface area contributed by atoms with Crippen molar-refractivity contribution in [2.24, 2.45) is 4.99 Å². The molecule has 0 fully saturated rings. The Hall–Kier alpha value is -1.57. The van der Waals surface area contributed by atoms with Crippen molar-refractivity contribution in [3.05, 3.63) is 48.0 Å². The Morgan fingerprint density at radius 3 is 2.67 bits per heavy atom. The van der Waals surface area contributed by atoms with Gasteiger partial charge in [0.2, 0.25) is 11.0 Å². The Bertz CT molecular complexity index is 783. The first-order chi connectivity index (χ1) is 10.2. The maximum atomic E-state index is 5.69. The van der Waals surface area contributed by atoms with Gasteiger partial charge in [-0.3, -0.25) is 0 Å². The third kappa shape index (κ3) is 3.75. The summed E-state index contributed by atoms with van der Waals surface area (Å²) in [4.78, 5) is 13.6. The molecular formula is C14H11N3OS3. The monoisotopic (exact) mass is 333 g/mol. The van der Waals surface area contributed by atoms with E-state index in [9.17, 15) is 0 Å². The molecule has 4 nitrogen and oxygen atoms in total. The van der Waals surface area contributed by atoms with Gasteiger partial charge in [-0.1, -0.05) is 41.7 Å². The van der Waals surface area contributed by atoms with E-state index in [1.165, 1.54) is 11.3 Å². The molecule has 0 spiro atoms. The maximum absolute atomic E-state index is 5.69. The Balaban J connectivity index is 1.79. The topological polar surface area (TPSA) is 47.4 Å². The lowest BCUT2D eigenvalue weighted by atomic mass is 10.2. The number of rotatable bonds is 4. The predicted molar refractivity (Wildman–Crippen MR) is 93.3 cm³/mol. The van der Waals surface area contributed by atoms with E-state index >= 15 is 0 Å². The third-order valence-corrected chi connectivity index (χ3v) is 3.70. The van der Waals surface area contributed by atoms with Crippen LogP contribution in [0.2, 0.25) is 0 Å². The number of hydrogen-bond donors (Lipinski definition) is 2. The number of pyridine rings is 1. The molecule has 7 heteroatoms. The van der Waals surface area contributed by atoms with Crippen molar-refractivity contribution in [2.75, 3.05) is 0 Å². The summed E-state index contributed by atoms with van der Waals surface area (Å²) in [6.45, 7) is 0.487. The van der Waals surface area contributed by atoms with Gasteiger partial charge in [0.05, 0.1) is 0 Å². The molecule has 2 aromatic heterocycles. The number of benzene rings is 1. The average Bonchev–Trinajstić information content (AvgIpc) is 2.86. The summed E-state index contributed by atoms with van der Waals surface area (Å²) in [5.41, 5.74) is 1.89. The lowest BCUT2D eigenvalue weighted by Crippen LogP contribution is -1.96. The normalized spacial score (nSPS) is 10.6. The predicted octanol–water partition coefficient (Wildman–Crippen LogP) is 4.12. The molecule has 0 bridgehead atoms. The molecule has 0 amide bonds. The number of ether oxygens (including phenoxy) is 1. The molecule has 1 aromatic carbocycles. The molecule has 3 aromatic rings. The molecule has 0 aliphatic carbocycles. The highest BCUT2D eigenvalue weighted by molar-refractivity contribution is 8.23. The van der Waals surface area contributed by atoms with Crippen LogP contribution in [-0.4, -0.2) is 14.3 Å². The van der Waals surface area contributed by atoms with Crippen molar-refractivity contribution in [3.63, 3.8) is 0 Å². The van der Waals surface area contributed by atoms with E-state index in [4.69, 9.17) is 4.74 Å². The van der Waals surface area contributed by atoms with E-state index in [2.05, 4.69) is 40.2 Å². The van der Waals surface area contributed by atoms with Gasteiger partial charge in [0, 0.05) is 6.07 Å². The second-order valence-corrected chi connectivity index (χ2v) is 6.31. The molecule has 0 N–H and O–H groups in total. The number of hydrogen-bond acceptors (Lipinski definition) is 5. The summed E-state index contributed by atoms with van der Waals surface area (Å²) in [5, 5.41) is 0.581. The van der Waals surface area contributed by atoms with Crippen molar-refractivity contribution >= 4 is 56.4 Å². The molecule has 21 heavy (non-hydrogen) atoms. The minimum absolute atomic E-state index is 0.370. The molecule has 106 valence electrons. The Morgan fingerprint density at radius 1 is 1.10 bits per heavy atom. The summed E-state index contributed by atoms with van der Waals surface area (Å²) >= 11 is 9.42. The second-order valence-electron chi connectivity index (χ2n) is 4.16. The van der Waals surface area contributed by atoms with Crippen LogP contribution in [-0.2, 0) is 6.61 Å². The number of fused-ring (bicyclic) bond motifs is 1. The van der Waals surface area contributed by atoms with Crippen LogP contribution in [0.15, 0.2) is 47.5 Å². The molecule has 0 radical (unpaired) electrons. The standard InChI is InChI=1S/C14H11N3OS3/c19-14(20)17-13-15-10-6-7-11(16-12(10)21-13)18-8-9-4-2-1-3-5-9/h1-7H,8H2,(H2,15,17,19,20). The number of nitrogens with zero attached hydrogens (tertiary/aromatic N) is 3. The molecule has 0 saturated carbocycles. The maximum Gasteiger partial charge on any atom is 0.215 e. The first-order valence-corrected chi connectivity index (χ1v) is 7.83. The van der Waals surface area contributed by atoms with Gasteiger partial charge in [-0.25, -0.2) is 15.0 Å². The molecular weight excluding hydrogens is 322 g/mol. The third-order valence-electron chi connectivity index (χ3n) is 2.64. The highest BCUT2D eigenvalue weighted by Gasteiger charge is 2.06. The number of aliphatic imine (C=N–C) groups is 1. The number of aromatic nitrogens is 2. The zero-order chi connectivity index (χ0) is 14.7. The van der Waals surface area contributed by atoms with Gasteiger partial charge in [-0.2, -0.15) is 0 Å². The molecule has 2 heterocycles. The van der Waals surface area contributed by atoms with Crippen LogP contribution in [0.3, 0.4) is 0 Å². The largest absolute Gasteiger partial charge is 0.473 e. The van der Waals surface area contributed by atoms with Gasteiger partial charge in [0.15, 0.2) is 0 Å². The van der Waals surface area contributed by atoms with Crippen molar-refractivity contribution in [2.45, 2.75) is 6.61 Å². The van der Waals surface area contributed by atoms with Crippen LogP contribution < -0.4 is 4.74 Å². The Labute approximate surface area is 136 Å². The van der Waals surface area contributed by atoms with Gasteiger partial charge in [0.25, 0.3) is 0 Å². The second kappa shape index (κ2) is 6.46. The van der Waals surface area contributed by atoms with E-state index in [0.29, 0.717) is 22.0 Å². The van der Waals surface area contributed by atoms with E-state index < -0.39 is 0 Å². The van der Waals surface area contributed by atoms with Gasteiger partial charge < -0.3 is 4.74 Å². The summed E-state index contributed by atoms with van der Waals surface area (Å²) in [6.07, 6.45) is 0. The smallest absolute Gasteiger partial charge is 0.215 e. The summed E-state index contributed by atoms with van der Waals surface area (Å²) < 4.78 is 6.06. The van der Waals surface area contributed by atoms with Crippen LogP contribution in [0.25, 0.3) is 10.3 Å². The van der Waals surface area contributed by atoms with Crippen molar-refractivity contribution in [3.8, 4) is 5.88 Å². The highest BCUT2D eigenvalue weighted by atomic mass is 32.2. The first-order valence-electron chi connectivity index (χ1n) is 6.11. The van der Waals surface area contributed by atoms with Gasteiger partial charge in [-0.05, 0) is 11.6 Å². The molecule has 0 atom stereocenters. The highest BCUT2D eigenvalue weighted by Crippen LogP contribution is 2.28. The van der Waals surface area contributed by atoms with Crippen LogP contribution in [0.1, 0.15) is 5.56 Å². The first kappa shape index (κ1) is 14.4. The molecule has 0 aliphatic rings. The van der Waals surface area contributed by atoms with E-state index in [-0.39, 0.29) is 0 Å². The summed E-state index contributed by atoms with van der Waals surface area (Å²) in [7, 11) is 0. The van der Waals surface area contributed by atoms with E-state index in [0.717, 1.165) is 15.9 Å². The average molecular weight is 333 g/mol. The molecule has 3 rings (SSSR count). The lowest BCUT2D eigenvalue weighted by Gasteiger charge is -2.04. The van der Waals surface area contributed by atoms with Crippen LogP contribution in [0.4, 0.5) is 5.13 Å². The van der Waals surface area contributed by atoms with Gasteiger partial charge in [-0.15, -0.1) is 25.3 Å². The molecule has 0 unspecified atom stereocenters. The number of thiol groups is 2. The quantitative estimate of drug-likeness (QED) is 0.429. The zero-order valence-electron chi connectivity index (χ0n) is 10.8. The molecule has 0 aliphatic heterocycles. The fraction of sp³-hybridized carbons (Fsp3) is 0.0714. The van der Waals surface area contributed by atoms with Gasteiger partial charge in [0.1, 0.15) is 21.3 Å². The summed E-state index contributed by atoms with van der Waals surface area (Å²) in [5.74, 6) is 0.572. The minimum Gasteiger partial charge on any atom is -0.473 e. The van der Waals surface area contributed by atoms with Gasteiger partial charge >= 0.3 is 0 Å². The fourth-order valence-corrected chi connectivity index (χ4v) is 2.87. The lowest BCUT2D eigenvalue weighted by molar-refractivity contribution is 0.295. The zero-order valence-corrected chi connectivity index (χ0v) is 13.4. The minimum atomic E-state index is 0.370. The fourth-order valence-electron chi connectivity index (χ4n) is 1.73. The van der Waals surface area contributed by atoms with Crippen LogP contribution in [0.5, 0.6) is 5.88 Å². The van der Waals surface area contributed by atoms with E-state index in [1.807, 2.05) is 36.4 Å². The van der Waals surface area contributed by atoms with Crippen LogP contribution in [0, 0.1) is 0 Å². The Morgan fingerprint density at radius 2 is 1.90 bits per heavy atom. The summed E-state index contributed by atoms with van der Waals surface area (Å²) in [6, 6.07) is 13.6. The molecule has 0 saturated heterocycles. The van der Waals surface area contributed by atoms with Crippen molar-refractivity contribution < 1.29 is 4.74 Å². The number of thiazole rings is 1. The van der Waals surface area contributed by atoms with E-state index in [1.54, 1.807) is 6.07 Å². The van der Waals surface area contributed by atoms with Crippen LogP contribution >= 0.6 is 36.6 Å². The van der Waals surface area contributed by atoms with Crippen molar-refractivity contribution in [1.82, 2.24) is 9.97 Å². The Kier molecular flexibility index (Phi) is 4.42.